The molecule has 0 saturated heterocycles. The maximum atomic E-state index is 2.29. The molecule has 0 bridgehead atoms. The second-order valence-corrected chi connectivity index (χ2v) is 10.5. The quantitative estimate of drug-likeness (QED) is 0.300. The monoisotopic (exact) mass is 413 g/mol. The van der Waals surface area contributed by atoms with Crippen molar-refractivity contribution in [2.24, 2.45) is 0 Å². The van der Waals surface area contributed by atoms with Crippen LogP contribution in [0.4, 0.5) is 0 Å². The Kier molecular flexibility index (Phi) is 6.13. The van der Waals surface area contributed by atoms with Crippen LogP contribution in [0.5, 0.6) is 0 Å². The SMILES string of the molecule is Cc1ccc(Sc2ccc([S+](c3ccc(C)cc3)c3ccc(C)cc3)cc2)cc1. The molecule has 0 aliphatic carbocycles. The molecule has 4 rings (SSSR count). The van der Waals surface area contributed by atoms with Gasteiger partial charge in [0, 0.05) is 9.79 Å². The molecule has 29 heavy (non-hydrogen) atoms. The summed E-state index contributed by atoms with van der Waals surface area (Å²) in [4.78, 5) is 6.62. The lowest BCUT2D eigenvalue weighted by molar-refractivity contribution is 1.27. The predicted molar refractivity (Wildman–Crippen MR) is 126 cm³/mol. The van der Waals surface area contributed by atoms with Gasteiger partial charge in [0.2, 0.25) is 0 Å². The fourth-order valence-electron chi connectivity index (χ4n) is 3.14. The van der Waals surface area contributed by atoms with Gasteiger partial charge in [0.05, 0.1) is 10.9 Å². The molecule has 0 unspecified atom stereocenters. The van der Waals surface area contributed by atoms with Gasteiger partial charge in [0.1, 0.15) is 0 Å². The van der Waals surface area contributed by atoms with Crippen molar-refractivity contribution in [3.63, 3.8) is 0 Å². The van der Waals surface area contributed by atoms with E-state index < -0.39 is 0 Å². The largest absolute Gasteiger partial charge is 0.166 e. The Labute approximate surface area is 181 Å². The minimum absolute atomic E-state index is 0.0983. The first-order valence-corrected chi connectivity index (χ1v) is 11.8. The van der Waals surface area contributed by atoms with Gasteiger partial charge in [-0.15, -0.1) is 0 Å². The average Bonchev–Trinajstić information content (AvgIpc) is 2.74. The first-order chi connectivity index (χ1) is 14.1. The molecule has 0 saturated carbocycles. The lowest BCUT2D eigenvalue weighted by Crippen LogP contribution is -2.04. The summed E-state index contributed by atoms with van der Waals surface area (Å²) in [7, 11) is -0.0983. The van der Waals surface area contributed by atoms with Crippen molar-refractivity contribution in [2.45, 2.75) is 45.2 Å². The van der Waals surface area contributed by atoms with Crippen LogP contribution >= 0.6 is 11.8 Å². The summed E-state index contributed by atoms with van der Waals surface area (Å²) in [6.45, 7) is 6.41. The molecular formula is C27H25S2+. The number of hydrogen-bond donors (Lipinski definition) is 0. The first kappa shape index (κ1) is 19.9. The molecule has 0 aliphatic heterocycles. The van der Waals surface area contributed by atoms with Gasteiger partial charge in [0.25, 0.3) is 0 Å². The fraction of sp³-hybridized carbons (Fsp3) is 0.111. The highest BCUT2D eigenvalue weighted by molar-refractivity contribution is 7.99. The van der Waals surface area contributed by atoms with Gasteiger partial charge in [-0.25, -0.2) is 0 Å². The van der Waals surface area contributed by atoms with Crippen LogP contribution in [0, 0.1) is 20.8 Å². The molecule has 0 N–H and O–H groups in total. The van der Waals surface area contributed by atoms with Gasteiger partial charge in [0.15, 0.2) is 14.7 Å². The van der Waals surface area contributed by atoms with Crippen molar-refractivity contribution in [1.82, 2.24) is 0 Å². The second-order valence-electron chi connectivity index (χ2n) is 7.32. The topological polar surface area (TPSA) is 0 Å². The highest BCUT2D eigenvalue weighted by Crippen LogP contribution is 2.34. The molecule has 0 nitrogen and oxygen atoms in total. The standard InChI is InChI=1S/C27H25S2/c1-20-4-10-23(11-5-20)28-24-12-18-27(19-13-24)29(25-14-6-21(2)7-15-25)26-16-8-22(3)9-17-26/h4-19H,1-3H3/q+1. The zero-order valence-electron chi connectivity index (χ0n) is 17.1. The lowest BCUT2D eigenvalue weighted by Gasteiger charge is -2.09. The molecule has 0 radical (unpaired) electrons. The van der Waals surface area contributed by atoms with E-state index in [0.29, 0.717) is 0 Å². The highest BCUT2D eigenvalue weighted by Gasteiger charge is 2.28. The summed E-state index contributed by atoms with van der Waals surface area (Å²) >= 11 is 1.82. The predicted octanol–water partition coefficient (Wildman–Crippen LogP) is 7.86. The Morgan fingerprint density at radius 1 is 0.414 bits per heavy atom. The Hall–Kier alpha value is -2.42. The molecule has 0 heterocycles. The van der Waals surface area contributed by atoms with Crippen molar-refractivity contribution in [3.05, 3.63) is 114 Å². The third-order valence-corrected chi connectivity index (χ3v) is 8.08. The molecule has 0 aliphatic rings. The van der Waals surface area contributed by atoms with Gasteiger partial charge in [-0.3, -0.25) is 0 Å². The highest BCUT2D eigenvalue weighted by atomic mass is 32.2. The van der Waals surface area contributed by atoms with Crippen LogP contribution in [0.3, 0.4) is 0 Å². The number of aryl methyl sites for hydroxylation is 3. The zero-order chi connectivity index (χ0) is 20.2. The van der Waals surface area contributed by atoms with E-state index in [9.17, 15) is 0 Å². The van der Waals surface area contributed by atoms with E-state index in [1.807, 2.05) is 11.8 Å². The summed E-state index contributed by atoms with van der Waals surface area (Å²) in [5.41, 5.74) is 3.89. The minimum atomic E-state index is -0.0983. The normalized spacial score (nSPS) is 11.0. The van der Waals surface area contributed by atoms with Crippen LogP contribution in [-0.2, 0) is 10.9 Å². The molecule has 0 spiro atoms. The number of rotatable bonds is 5. The van der Waals surface area contributed by atoms with Crippen LogP contribution in [-0.4, -0.2) is 0 Å². The molecule has 4 aromatic carbocycles. The van der Waals surface area contributed by atoms with Crippen molar-refractivity contribution in [2.75, 3.05) is 0 Å². The van der Waals surface area contributed by atoms with Gasteiger partial charge in [-0.2, -0.15) is 0 Å². The third-order valence-electron chi connectivity index (χ3n) is 4.83. The van der Waals surface area contributed by atoms with Crippen LogP contribution in [0.25, 0.3) is 0 Å². The van der Waals surface area contributed by atoms with Crippen LogP contribution in [0.1, 0.15) is 16.7 Å². The molecule has 0 fully saturated rings. The Balaban J connectivity index is 1.66. The fourth-order valence-corrected chi connectivity index (χ4v) is 6.00. The van der Waals surface area contributed by atoms with E-state index in [0.717, 1.165) is 0 Å². The smallest absolute Gasteiger partial charge is 0.0901 e. The summed E-state index contributed by atoms with van der Waals surface area (Å²) in [6, 6.07) is 35.7. The van der Waals surface area contributed by atoms with E-state index in [4.69, 9.17) is 0 Å². The molecular weight excluding hydrogens is 388 g/mol. The molecule has 4 aromatic rings. The number of hydrogen-bond acceptors (Lipinski definition) is 1. The summed E-state index contributed by atoms with van der Waals surface area (Å²) in [6.07, 6.45) is 0. The molecule has 0 atom stereocenters. The number of benzene rings is 4. The maximum Gasteiger partial charge on any atom is 0.166 e. The zero-order valence-corrected chi connectivity index (χ0v) is 18.7. The summed E-state index contributed by atoms with van der Waals surface area (Å²) < 4.78 is 0. The molecule has 144 valence electrons. The molecule has 0 amide bonds. The maximum absolute atomic E-state index is 2.29. The second kappa shape index (κ2) is 8.94. The minimum Gasteiger partial charge on any atom is -0.0901 e. The van der Waals surface area contributed by atoms with Gasteiger partial charge < -0.3 is 0 Å². The third kappa shape index (κ3) is 4.95. The Bertz CT molecular complexity index is 1020. The summed E-state index contributed by atoms with van der Waals surface area (Å²) in [5, 5.41) is 0. The van der Waals surface area contributed by atoms with E-state index >= 15 is 0 Å². The Morgan fingerprint density at radius 2 is 0.690 bits per heavy atom. The van der Waals surface area contributed by atoms with Crippen molar-refractivity contribution < 1.29 is 0 Å². The van der Waals surface area contributed by atoms with Gasteiger partial charge in [-0.1, -0.05) is 64.9 Å². The van der Waals surface area contributed by atoms with Crippen LogP contribution in [0.15, 0.2) is 122 Å². The van der Waals surface area contributed by atoms with E-state index in [2.05, 4.69) is 118 Å². The average molecular weight is 414 g/mol. The van der Waals surface area contributed by atoms with E-state index in [-0.39, 0.29) is 10.9 Å². The van der Waals surface area contributed by atoms with E-state index in [1.165, 1.54) is 41.2 Å². The lowest BCUT2D eigenvalue weighted by atomic mass is 10.2. The van der Waals surface area contributed by atoms with E-state index in [1.54, 1.807) is 0 Å². The molecule has 2 heteroatoms. The van der Waals surface area contributed by atoms with Gasteiger partial charge >= 0.3 is 0 Å². The molecule has 0 aromatic heterocycles. The summed E-state index contributed by atoms with van der Waals surface area (Å²) in [5.74, 6) is 0. The first-order valence-electron chi connectivity index (χ1n) is 9.81. The van der Waals surface area contributed by atoms with Crippen molar-refractivity contribution >= 4 is 22.7 Å². The van der Waals surface area contributed by atoms with Crippen LogP contribution < -0.4 is 0 Å². The van der Waals surface area contributed by atoms with Crippen molar-refractivity contribution in [3.8, 4) is 0 Å². The van der Waals surface area contributed by atoms with Gasteiger partial charge in [-0.05, 0) is 81.4 Å². The Morgan fingerprint density at radius 3 is 1.07 bits per heavy atom. The van der Waals surface area contributed by atoms with Crippen molar-refractivity contribution in [1.29, 1.82) is 0 Å². The van der Waals surface area contributed by atoms with Crippen LogP contribution in [0.2, 0.25) is 0 Å².